The summed E-state index contributed by atoms with van der Waals surface area (Å²) in [4.78, 5) is 0. The normalized spacial score (nSPS) is 19.3. The monoisotopic (exact) mass is 289 g/mol. The van der Waals surface area contributed by atoms with Crippen LogP contribution in [0.3, 0.4) is 0 Å². The third-order valence-corrected chi connectivity index (χ3v) is 3.42. The SMILES string of the molecule is CCCNCCC1(OCC(F)(F)C(F)(F)F)CCC1. The summed E-state index contributed by atoms with van der Waals surface area (Å²) in [6.07, 6.45) is -2.21. The molecule has 0 saturated heterocycles. The van der Waals surface area contributed by atoms with Crippen LogP contribution in [0.5, 0.6) is 0 Å². The van der Waals surface area contributed by atoms with Gasteiger partial charge in [0.25, 0.3) is 0 Å². The minimum Gasteiger partial charge on any atom is -0.368 e. The van der Waals surface area contributed by atoms with E-state index in [1.165, 1.54) is 0 Å². The van der Waals surface area contributed by atoms with Crippen molar-refractivity contribution in [2.45, 2.75) is 56.7 Å². The lowest BCUT2D eigenvalue weighted by atomic mass is 9.77. The summed E-state index contributed by atoms with van der Waals surface area (Å²) in [6.45, 7) is 1.79. The van der Waals surface area contributed by atoms with Gasteiger partial charge in [0.15, 0.2) is 0 Å². The molecule has 1 rings (SSSR count). The molecular formula is C12H20F5NO. The summed E-state index contributed by atoms with van der Waals surface area (Å²) in [5.41, 5.74) is -0.796. The van der Waals surface area contributed by atoms with E-state index in [4.69, 9.17) is 4.74 Å². The van der Waals surface area contributed by atoms with Crippen molar-refractivity contribution in [3.05, 3.63) is 0 Å². The van der Waals surface area contributed by atoms with E-state index in [-0.39, 0.29) is 0 Å². The Kier molecular flexibility index (Phi) is 5.55. The van der Waals surface area contributed by atoms with E-state index in [0.29, 0.717) is 25.8 Å². The van der Waals surface area contributed by atoms with E-state index in [0.717, 1.165) is 19.4 Å². The summed E-state index contributed by atoms with van der Waals surface area (Å²) in [7, 11) is 0. The molecule has 19 heavy (non-hydrogen) atoms. The maximum Gasteiger partial charge on any atom is 0.455 e. The quantitative estimate of drug-likeness (QED) is 0.545. The first kappa shape index (κ1) is 16.6. The molecule has 114 valence electrons. The van der Waals surface area contributed by atoms with Crippen LogP contribution in [0.4, 0.5) is 22.0 Å². The molecule has 2 nitrogen and oxygen atoms in total. The van der Waals surface area contributed by atoms with Gasteiger partial charge in [-0.3, -0.25) is 0 Å². The summed E-state index contributed by atoms with van der Waals surface area (Å²) in [5.74, 6) is -4.77. The topological polar surface area (TPSA) is 21.3 Å². The highest BCUT2D eigenvalue weighted by Crippen LogP contribution is 2.42. The molecule has 0 radical (unpaired) electrons. The molecular weight excluding hydrogens is 269 g/mol. The second kappa shape index (κ2) is 6.35. The summed E-state index contributed by atoms with van der Waals surface area (Å²) in [6, 6.07) is 0. The first-order valence-electron chi connectivity index (χ1n) is 6.52. The van der Waals surface area contributed by atoms with E-state index in [1.807, 2.05) is 6.92 Å². The molecule has 1 saturated carbocycles. The fourth-order valence-corrected chi connectivity index (χ4v) is 1.98. The van der Waals surface area contributed by atoms with Crippen molar-refractivity contribution in [3.63, 3.8) is 0 Å². The van der Waals surface area contributed by atoms with Crippen LogP contribution in [0, 0.1) is 0 Å². The van der Waals surface area contributed by atoms with Crippen LogP contribution in [0.1, 0.15) is 39.0 Å². The molecule has 0 heterocycles. The smallest absolute Gasteiger partial charge is 0.368 e. The lowest BCUT2D eigenvalue weighted by molar-refractivity contribution is -0.309. The van der Waals surface area contributed by atoms with Gasteiger partial charge >= 0.3 is 12.1 Å². The van der Waals surface area contributed by atoms with Crippen LogP contribution < -0.4 is 5.32 Å². The molecule has 7 heteroatoms. The highest BCUT2D eigenvalue weighted by atomic mass is 19.4. The first-order chi connectivity index (χ1) is 8.72. The Morgan fingerprint density at radius 1 is 1.11 bits per heavy atom. The van der Waals surface area contributed by atoms with Gasteiger partial charge in [-0.15, -0.1) is 0 Å². The number of ether oxygens (including phenoxy) is 1. The Labute approximate surface area is 109 Å². The number of halogens is 5. The molecule has 1 aliphatic carbocycles. The van der Waals surface area contributed by atoms with Crippen LogP contribution in [0.2, 0.25) is 0 Å². The molecule has 0 spiro atoms. The molecule has 0 aromatic heterocycles. The van der Waals surface area contributed by atoms with Gasteiger partial charge in [-0.05, 0) is 45.2 Å². The fourth-order valence-electron chi connectivity index (χ4n) is 1.98. The first-order valence-corrected chi connectivity index (χ1v) is 6.52. The molecule has 0 aromatic carbocycles. The molecule has 1 N–H and O–H groups in total. The standard InChI is InChI=1S/C12H20F5NO/c1-2-7-18-8-6-10(4-3-5-10)19-9-11(13,14)12(15,16)17/h18H,2-9H2,1H3. The number of hydrogen-bond acceptors (Lipinski definition) is 2. The highest BCUT2D eigenvalue weighted by Gasteiger charge is 2.58. The lowest BCUT2D eigenvalue weighted by Crippen LogP contribution is -2.48. The minimum absolute atomic E-state index is 0.473. The second-order valence-electron chi connectivity index (χ2n) is 5.03. The van der Waals surface area contributed by atoms with Crippen molar-refractivity contribution in [2.24, 2.45) is 0 Å². The molecule has 0 amide bonds. The molecule has 0 aromatic rings. The second-order valence-corrected chi connectivity index (χ2v) is 5.03. The van der Waals surface area contributed by atoms with Gasteiger partial charge in [0.1, 0.15) is 6.61 Å². The minimum atomic E-state index is -5.54. The molecule has 1 aliphatic rings. The van der Waals surface area contributed by atoms with Crippen LogP contribution in [0.15, 0.2) is 0 Å². The van der Waals surface area contributed by atoms with Gasteiger partial charge in [-0.2, -0.15) is 22.0 Å². The largest absolute Gasteiger partial charge is 0.455 e. The fraction of sp³-hybridized carbons (Fsp3) is 1.00. The summed E-state index contributed by atoms with van der Waals surface area (Å²) < 4.78 is 66.6. The average Bonchev–Trinajstić information content (AvgIpc) is 2.24. The molecule has 0 aliphatic heterocycles. The Bertz CT molecular complexity index is 276. The van der Waals surface area contributed by atoms with E-state index in [9.17, 15) is 22.0 Å². The maximum atomic E-state index is 12.8. The van der Waals surface area contributed by atoms with Crippen molar-refractivity contribution < 1.29 is 26.7 Å². The van der Waals surface area contributed by atoms with Crippen molar-refractivity contribution in [1.29, 1.82) is 0 Å². The van der Waals surface area contributed by atoms with Crippen LogP contribution in [-0.4, -0.2) is 37.4 Å². The lowest BCUT2D eigenvalue weighted by Gasteiger charge is -2.42. The number of rotatable bonds is 8. The van der Waals surface area contributed by atoms with Crippen molar-refractivity contribution in [3.8, 4) is 0 Å². The molecule has 0 atom stereocenters. The van der Waals surface area contributed by atoms with Gasteiger partial charge in [0, 0.05) is 0 Å². The van der Waals surface area contributed by atoms with Gasteiger partial charge in [-0.25, -0.2) is 0 Å². The van der Waals surface area contributed by atoms with Crippen LogP contribution in [0.25, 0.3) is 0 Å². The van der Waals surface area contributed by atoms with Gasteiger partial charge in [-0.1, -0.05) is 6.92 Å². The number of nitrogens with one attached hydrogen (secondary N) is 1. The van der Waals surface area contributed by atoms with Crippen molar-refractivity contribution in [2.75, 3.05) is 19.7 Å². The Morgan fingerprint density at radius 2 is 1.74 bits per heavy atom. The molecule has 0 unspecified atom stereocenters. The maximum absolute atomic E-state index is 12.8. The average molecular weight is 289 g/mol. The van der Waals surface area contributed by atoms with Crippen LogP contribution >= 0.6 is 0 Å². The predicted octanol–water partition coefficient (Wildman–Crippen LogP) is 3.51. The Balaban J connectivity index is 2.40. The highest BCUT2D eigenvalue weighted by molar-refractivity contribution is 4.91. The van der Waals surface area contributed by atoms with Crippen LogP contribution in [-0.2, 0) is 4.74 Å². The van der Waals surface area contributed by atoms with Gasteiger partial charge in [0.05, 0.1) is 5.60 Å². The number of alkyl halides is 5. The van der Waals surface area contributed by atoms with E-state index in [1.54, 1.807) is 0 Å². The molecule has 0 bridgehead atoms. The predicted molar refractivity (Wildman–Crippen MR) is 61.3 cm³/mol. The summed E-state index contributed by atoms with van der Waals surface area (Å²) >= 11 is 0. The third-order valence-electron chi connectivity index (χ3n) is 3.42. The zero-order valence-corrected chi connectivity index (χ0v) is 11.0. The number of hydrogen-bond donors (Lipinski definition) is 1. The van der Waals surface area contributed by atoms with Crippen molar-refractivity contribution >= 4 is 0 Å². The van der Waals surface area contributed by atoms with E-state index >= 15 is 0 Å². The zero-order chi connectivity index (χ0) is 14.6. The molecule has 1 fully saturated rings. The van der Waals surface area contributed by atoms with Gasteiger partial charge < -0.3 is 10.1 Å². The third kappa shape index (κ3) is 4.56. The van der Waals surface area contributed by atoms with E-state index < -0.39 is 24.3 Å². The Morgan fingerprint density at radius 3 is 2.16 bits per heavy atom. The summed E-state index contributed by atoms with van der Waals surface area (Å²) in [5, 5.41) is 3.10. The van der Waals surface area contributed by atoms with E-state index in [2.05, 4.69) is 5.32 Å². The van der Waals surface area contributed by atoms with Crippen molar-refractivity contribution in [1.82, 2.24) is 5.32 Å². The zero-order valence-electron chi connectivity index (χ0n) is 11.0. The van der Waals surface area contributed by atoms with Gasteiger partial charge in [0.2, 0.25) is 0 Å². The Hall–Kier alpha value is -0.430.